The average Bonchev–Trinajstić information content (AvgIpc) is 3.77. The van der Waals surface area contributed by atoms with Crippen molar-refractivity contribution in [1.29, 1.82) is 0 Å². The monoisotopic (exact) mass is 566 g/mol. The second-order valence-corrected chi connectivity index (χ2v) is 12.1. The van der Waals surface area contributed by atoms with Crippen LogP contribution in [0.5, 0.6) is 0 Å². The number of rotatable bonds is 7. The van der Waals surface area contributed by atoms with E-state index in [0.717, 1.165) is 72.9 Å². The topological polar surface area (TPSA) is 97.8 Å². The molecule has 3 aliphatic rings. The zero-order chi connectivity index (χ0) is 30.0. The number of hydrogen-bond donors (Lipinski definition) is 4. The van der Waals surface area contributed by atoms with E-state index in [0.29, 0.717) is 24.2 Å². The lowest BCUT2D eigenvalue weighted by Crippen LogP contribution is -2.45. The zero-order valence-electron chi connectivity index (χ0n) is 26.4. The summed E-state index contributed by atoms with van der Waals surface area (Å²) in [4.78, 5) is 17.9. The highest BCUT2D eigenvalue weighted by Gasteiger charge is 2.55. The smallest absolute Gasteiger partial charge is 0.140 e. The normalized spacial score (nSPS) is 21.5. The van der Waals surface area contributed by atoms with Gasteiger partial charge < -0.3 is 20.2 Å². The molecule has 6 nitrogen and oxygen atoms in total. The third-order valence-corrected chi connectivity index (χ3v) is 10.3. The highest BCUT2D eigenvalue weighted by atomic mass is 16.4. The van der Waals surface area contributed by atoms with Crippen molar-refractivity contribution in [3.8, 4) is 0 Å². The summed E-state index contributed by atoms with van der Waals surface area (Å²) in [5.74, 6) is 0. The number of aryl methyl sites for hydroxylation is 5. The molecule has 5 heterocycles. The molecular weight excluding hydrogens is 520 g/mol. The maximum atomic E-state index is 12.2. The Morgan fingerprint density at radius 3 is 1.69 bits per heavy atom. The van der Waals surface area contributed by atoms with Gasteiger partial charge in [-0.3, -0.25) is 4.98 Å². The first kappa shape index (κ1) is 28.9. The molecule has 6 heteroatoms. The van der Waals surface area contributed by atoms with E-state index in [1.54, 1.807) is 0 Å². The fourth-order valence-electron chi connectivity index (χ4n) is 8.05. The lowest BCUT2D eigenvalue weighted by atomic mass is 9.77. The van der Waals surface area contributed by atoms with E-state index in [9.17, 15) is 10.2 Å². The SMILES string of the molecule is CCC1=C2CCc3c2nc1cc1[nH]c(cc2nc(cc4[nH]c3c(CC)c4CC)[C@](O)(CC)[C@]2(O)CC)c(CC)c1CC. The molecule has 0 unspecified atom stereocenters. The first-order chi connectivity index (χ1) is 20.2. The maximum Gasteiger partial charge on any atom is 0.140 e. The number of aliphatic hydroxyl groups is 2. The van der Waals surface area contributed by atoms with E-state index in [-0.39, 0.29) is 0 Å². The summed E-state index contributed by atoms with van der Waals surface area (Å²) in [7, 11) is 0. The third-order valence-electron chi connectivity index (χ3n) is 10.3. The molecule has 0 fully saturated rings. The number of nitrogens with one attached hydrogen (secondary N) is 2. The van der Waals surface area contributed by atoms with Gasteiger partial charge in [0.25, 0.3) is 0 Å². The van der Waals surface area contributed by atoms with Crippen LogP contribution >= 0.6 is 0 Å². The fraction of sp³-hybridized carbons (Fsp3) is 0.500. The van der Waals surface area contributed by atoms with Gasteiger partial charge in [-0.1, -0.05) is 48.5 Å². The lowest BCUT2D eigenvalue weighted by Gasteiger charge is -2.36. The predicted molar refractivity (Wildman–Crippen MR) is 172 cm³/mol. The van der Waals surface area contributed by atoms with Crippen LogP contribution in [-0.4, -0.2) is 30.1 Å². The van der Waals surface area contributed by atoms with Crippen LogP contribution in [0.25, 0.3) is 33.2 Å². The van der Waals surface area contributed by atoms with Gasteiger partial charge in [0.15, 0.2) is 0 Å². The van der Waals surface area contributed by atoms with Crippen LogP contribution in [0.15, 0.2) is 18.2 Å². The molecule has 42 heavy (non-hydrogen) atoms. The van der Waals surface area contributed by atoms with Gasteiger partial charge in [0.2, 0.25) is 0 Å². The summed E-state index contributed by atoms with van der Waals surface area (Å²) in [5, 5.41) is 24.4. The summed E-state index contributed by atoms with van der Waals surface area (Å²) in [6.45, 7) is 14.9. The highest BCUT2D eigenvalue weighted by molar-refractivity contribution is 5.97. The number of H-pyrrole nitrogens is 2. The molecule has 222 valence electrons. The van der Waals surface area contributed by atoms with E-state index in [1.165, 1.54) is 44.5 Å². The number of fused-ring (bicyclic) bond motifs is 8. The molecule has 8 bridgehead atoms. The van der Waals surface area contributed by atoms with Crippen LogP contribution in [0.2, 0.25) is 0 Å². The Balaban J connectivity index is 1.87. The van der Waals surface area contributed by atoms with Crippen molar-refractivity contribution in [2.24, 2.45) is 0 Å². The van der Waals surface area contributed by atoms with E-state index in [2.05, 4.69) is 50.7 Å². The minimum atomic E-state index is -1.50. The van der Waals surface area contributed by atoms with Crippen LogP contribution in [0, 0.1) is 0 Å². The second kappa shape index (κ2) is 10.5. The molecule has 3 aromatic rings. The first-order valence-electron chi connectivity index (χ1n) is 16.2. The van der Waals surface area contributed by atoms with Crippen molar-refractivity contribution in [3.05, 3.63) is 68.8 Å². The molecule has 2 atom stereocenters. The highest BCUT2D eigenvalue weighted by Crippen LogP contribution is 2.49. The predicted octanol–water partition coefficient (Wildman–Crippen LogP) is 7.73. The molecule has 0 saturated carbocycles. The van der Waals surface area contributed by atoms with Gasteiger partial charge in [-0.05, 0) is 109 Å². The van der Waals surface area contributed by atoms with E-state index < -0.39 is 11.2 Å². The van der Waals surface area contributed by atoms with Crippen molar-refractivity contribution >= 4 is 33.2 Å². The average molecular weight is 567 g/mol. The number of aromatic nitrogens is 4. The Bertz CT molecular complexity index is 1770. The van der Waals surface area contributed by atoms with Crippen molar-refractivity contribution in [2.45, 2.75) is 117 Å². The number of nitrogens with zero attached hydrogens (tertiary/aromatic N) is 2. The Hall–Kier alpha value is -3.22. The van der Waals surface area contributed by atoms with Crippen molar-refractivity contribution in [2.75, 3.05) is 0 Å². The molecule has 0 saturated heterocycles. The summed E-state index contributed by atoms with van der Waals surface area (Å²) in [6, 6.07) is 6.22. The van der Waals surface area contributed by atoms with Crippen LogP contribution in [-0.2, 0) is 43.3 Å². The van der Waals surface area contributed by atoms with Gasteiger partial charge in [0, 0.05) is 27.6 Å². The number of hydrogen-bond acceptors (Lipinski definition) is 4. The van der Waals surface area contributed by atoms with Crippen molar-refractivity contribution in [1.82, 2.24) is 19.9 Å². The van der Waals surface area contributed by atoms with E-state index >= 15 is 0 Å². The van der Waals surface area contributed by atoms with Crippen molar-refractivity contribution < 1.29 is 10.2 Å². The summed E-state index contributed by atoms with van der Waals surface area (Å²) in [6.07, 6.45) is 7.13. The van der Waals surface area contributed by atoms with Gasteiger partial charge in [0.05, 0.1) is 22.8 Å². The molecule has 0 aromatic carbocycles. The van der Waals surface area contributed by atoms with Gasteiger partial charge in [-0.15, -0.1) is 0 Å². The molecular formula is C36H46N4O2. The second-order valence-electron chi connectivity index (χ2n) is 12.1. The summed E-state index contributed by atoms with van der Waals surface area (Å²) < 4.78 is 0. The molecule has 1 aliphatic carbocycles. The minimum Gasteiger partial charge on any atom is -0.380 e. The fourth-order valence-corrected chi connectivity index (χ4v) is 8.05. The number of allylic oxidation sites excluding steroid dienone is 2. The molecule has 4 N–H and O–H groups in total. The van der Waals surface area contributed by atoms with Gasteiger partial charge >= 0.3 is 0 Å². The van der Waals surface area contributed by atoms with E-state index in [1.807, 2.05) is 26.0 Å². The maximum absolute atomic E-state index is 12.2. The molecule has 0 radical (unpaired) electrons. The zero-order valence-corrected chi connectivity index (χ0v) is 26.4. The molecule has 6 rings (SSSR count). The first-order valence-corrected chi connectivity index (χ1v) is 16.2. The Morgan fingerprint density at radius 1 is 0.643 bits per heavy atom. The number of aromatic amines is 2. The Labute approximate surface area is 249 Å². The third kappa shape index (κ3) is 3.84. The molecule has 3 aromatic heterocycles. The lowest BCUT2D eigenvalue weighted by molar-refractivity contribution is -0.162. The minimum absolute atomic E-state index is 0.350. The van der Waals surface area contributed by atoms with Gasteiger partial charge in [-0.25, -0.2) is 4.98 Å². The summed E-state index contributed by atoms with van der Waals surface area (Å²) in [5.41, 5.74) is 13.5. The largest absolute Gasteiger partial charge is 0.380 e. The molecule has 0 amide bonds. The van der Waals surface area contributed by atoms with Gasteiger partial charge in [0.1, 0.15) is 11.2 Å². The standard InChI is InChI=1S/C36H46N4O2/c1-8-20-21(9-2)29-18-31-35(41,13-6)36(42,14-7)32(40-31)19-30-22(10-3)24(12-5)33(39-30)26-16-15-25-23(11-4)28(38-34(25)26)17-27(20)37-29/h17-19,37,39,41-42H,8-16H2,1-7H3/t35-,36+/m0/s1. The van der Waals surface area contributed by atoms with Crippen molar-refractivity contribution in [3.63, 3.8) is 0 Å². The van der Waals surface area contributed by atoms with Crippen LogP contribution in [0.3, 0.4) is 0 Å². The van der Waals surface area contributed by atoms with Crippen LogP contribution in [0.4, 0.5) is 0 Å². The van der Waals surface area contributed by atoms with Crippen LogP contribution < -0.4 is 0 Å². The Morgan fingerprint density at radius 2 is 1.17 bits per heavy atom. The Kier molecular flexibility index (Phi) is 7.22. The summed E-state index contributed by atoms with van der Waals surface area (Å²) >= 11 is 0. The van der Waals surface area contributed by atoms with Gasteiger partial charge in [-0.2, -0.15) is 0 Å². The quantitative estimate of drug-likeness (QED) is 0.235. The molecule has 0 spiro atoms. The van der Waals surface area contributed by atoms with E-state index in [4.69, 9.17) is 9.97 Å². The van der Waals surface area contributed by atoms with Crippen LogP contribution in [0.1, 0.15) is 125 Å². The molecule has 2 aliphatic heterocycles.